The van der Waals surface area contributed by atoms with E-state index in [4.69, 9.17) is 18.9 Å². The Morgan fingerprint density at radius 2 is 0.979 bits per heavy atom. The molecule has 1 heterocycles. The Labute approximate surface area is 281 Å². The third-order valence-electron chi connectivity index (χ3n) is 6.74. The number of rotatable bonds is 14. The molecule has 1 N–H and O–H groups in total. The number of carbonyl (C=O) groups excluding carboxylic acids is 4. The zero-order chi connectivity index (χ0) is 36.4. The number of aliphatic carboxylic acids is 1. The van der Waals surface area contributed by atoms with E-state index in [0.29, 0.717) is 32.4 Å². The zero-order valence-corrected chi connectivity index (χ0v) is 30.9. The molecule has 1 rings (SSSR count). The molecule has 1 aliphatic rings. The minimum Gasteiger partial charge on any atom is -0.480 e. The summed E-state index contributed by atoms with van der Waals surface area (Å²) >= 11 is 0. The molecular weight excluding hydrogens is 610 g/mol. The highest BCUT2D eigenvalue weighted by molar-refractivity contribution is 5.76. The Morgan fingerprint density at radius 3 is 1.38 bits per heavy atom. The van der Waals surface area contributed by atoms with Gasteiger partial charge < -0.3 is 24.1 Å². The van der Waals surface area contributed by atoms with Crippen LogP contribution in [0.15, 0.2) is 0 Å². The second-order valence-corrected chi connectivity index (χ2v) is 16.4. The minimum atomic E-state index is -1.03. The molecule has 47 heavy (non-hydrogen) atoms. The molecule has 0 aromatic rings. The molecule has 0 aromatic carbocycles. The highest BCUT2D eigenvalue weighted by Crippen LogP contribution is 2.30. The molecule has 0 aromatic heterocycles. The summed E-state index contributed by atoms with van der Waals surface area (Å²) in [5, 5.41) is 9.78. The van der Waals surface area contributed by atoms with Gasteiger partial charge in [0.25, 0.3) is 0 Å². The summed E-state index contributed by atoms with van der Waals surface area (Å²) in [6.07, 6.45) is 1.46. The second kappa shape index (κ2) is 17.1. The van der Waals surface area contributed by atoms with Crippen LogP contribution in [0.4, 0.5) is 0 Å². The van der Waals surface area contributed by atoms with Crippen LogP contribution in [0.3, 0.4) is 0 Å². The van der Waals surface area contributed by atoms with E-state index in [9.17, 15) is 29.1 Å². The first-order valence-corrected chi connectivity index (χ1v) is 16.5. The molecule has 0 saturated carbocycles. The number of unbranched alkanes of at least 4 members (excludes halogenated alkanes) is 1. The first-order valence-electron chi connectivity index (χ1n) is 16.5. The third kappa shape index (κ3) is 19.0. The predicted molar refractivity (Wildman–Crippen MR) is 177 cm³/mol. The number of ether oxygens (including phenoxy) is 4. The van der Waals surface area contributed by atoms with Gasteiger partial charge in [0.15, 0.2) is 0 Å². The van der Waals surface area contributed by atoms with Crippen LogP contribution in [0, 0.1) is 0 Å². The number of esters is 4. The number of carbonyl (C=O) groups is 5. The van der Waals surface area contributed by atoms with Crippen LogP contribution in [0.5, 0.6) is 0 Å². The third-order valence-corrected chi connectivity index (χ3v) is 6.74. The van der Waals surface area contributed by atoms with Crippen LogP contribution >= 0.6 is 0 Å². The fraction of sp³-hybridized carbons (Fsp3) is 0.853. The lowest BCUT2D eigenvalue weighted by Crippen LogP contribution is -2.62. The molecule has 0 radical (unpaired) electrons. The predicted octanol–water partition coefficient (Wildman–Crippen LogP) is 3.66. The number of hydrogen-bond acceptors (Lipinski definition) is 12. The van der Waals surface area contributed by atoms with Crippen molar-refractivity contribution in [2.24, 2.45) is 0 Å². The first kappa shape index (κ1) is 42.3. The summed E-state index contributed by atoms with van der Waals surface area (Å²) in [5.74, 6) is -2.96. The fourth-order valence-corrected chi connectivity index (χ4v) is 5.42. The molecule has 0 spiro atoms. The standard InChI is InChI=1S/C34H61N3O10/c1-30(2,3)44-26(40)15-13-14-16-34(37(21-28(42)46-32(7,8)9)22-29(43)47-33(10,11)12)23-35(19-25(38)39)17-18-36(24-34)20-27(41)45-31(4,5)6/h13-24H2,1-12H3,(H,38,39)/t34-/m1/s1. The molecule has 0 unspecified atom stereocenters. The number of hydrogen-bond donors (Lipinski definition) is 1. The maximum atomic E-state index is 13.4. The quantitative estimate of drug-likeness (QED) is 0.163. The van der Waals surface area contributed by atoms with Crippen molar-refractivity contribution in [3.8, 4) is 0 Å². The van der Waals surface area contributed by atoms with Crippen LogP contribution in [-0.4, -0.2) is 130 Å². The van der Waals surface area contributed by atoms with Gasteiger partial charge >= 0.3 is 29.8 Å². The Hall–Kier alpha value is -2.77. The molecule has 1 aliphatic heterocycles. The van der Waals surface area contributed by atoms with Crippen molar-refractivity contribution >= 4 is 29.8 Å². The molecule has 0 aliphatic carbocycles. The molecule has 1 saturated heterocycles. The Bertz CT molecular complexity index is 1050. The molecule has 13 nitrogen and oxygen atoms in total. The Balaban J connectivity index is 3.65. The van der Waals surface area contributed by atoms with Gasteiger partial charge in [-0.2, -0.15) is 0 Å². The van der Waals surface area contributed by atoms with Gasteiger partial charge in [-0.15, -0.1) is 0 Å². The van der Waals surface area contributed by atoms with E-state index in [1.807, 2.05) is 4.90 Å². The molecular formula is C34H61N3O10. The summed E-state index contributed by atoms with van der Waals surface area (Å²) in [6.45, 7) is 21.3. The summed E-state index contributed by atoms with van der Waals surface area (Å²) in [4.78, 5) is 69.5. The van der Waals surface area contributed by atoms with Crippen molar-refractivity contribution in [1.29, 1.82) is 0 Å². The van der Waals surface area contributed by atoms with E-state index < -0.39 is 51.8 Å². The van der Waals surface area contributed by atoms with Crippen molar-refractivity contribution < 1.29 is 48.0 Å². The van der Waals surface area contributed by atoms with Crippen LogP contribution in [0.2, 0.25) is 0 Å². The molecule has 1 atom stereocenters. The largest absolute Gasteiger partial charge is 0.480 e. The van der Waals surface area contributed by atoms with Gasteiger partial charge in [-0.25, -0.2) is 0 Å². The Kier molecular flexibility index (Phi) is 15.3. The van der Waals surface area contributed by atoms with Gasteiger partial charge in [-0.05, 0) is 95.9 Å². The monoisotopic (exact) mass is 671 g/mol. The average molecular weight is 672 g/mol. The lowest BCUT2D eigenvalue weighted by atomic mass is 9.88. The molecule has 0 bridgehead atoms. The van der Waals surface area contributed by atoms with Gasteiger partial charge in [0, 0.05) is 38.1 Å². The SMILES string of the molecule is CC(C)(C)OC(=O)CCCC[C@@]1(N(CC(=O)OC(C)(C)C)CC(=O)OC(C)(C)C)CN(CC(=O)O)CCN(CC(=O)OC(C)(C)C)C1. The number of nitrogens with zero attached hydrogens (tertiary/aromatic N) is 3. The average Bonchev–Trinajstić information content (AvgIpc) is 2.96. The van der Waals surface area contributed by atoms with E-state index >= 15 is 0 Å². The van der Waals surface area contributed by atoms with Crippen LogP contribution < -0.4 is 0 Å². The van der Waals surface area contributed by atoms with Crippen LogP contribution in [-0.2, 0) is 42.9 Å². The van der Waals surface area contributed by atoms with Crippen molar-refractivity contribution in [1.82, 2.24) is 14.7 Å². The molecule has 0 amide bonds. The van der Waals surface area contributed by atoms with Crippen molar-refractivity contribution in [2.45, 2.75) is 137 Å². The van der Waals surface area contributed by atoms with Gasteiger partial charge in [-0.3, -0.25) is 38.7 Å². The molecule has 272 valence electrons. The van der Waals surface area contributed by atoms with Gasteiger partial charge in [0.05, 0.1) is 26.2 Å². The zero-order valence-electron chi connectivity index (χ0n) is 30.9. The van der Waals surface area contributed by atoms with Crippen LogP contribution in [0.1, 0.15) is 109 Å². The normalized spacial score (nSPS) is 18.7. The number of carboxylic acids is 1. The highest BCUT2D eigenvalue weighted by Gasteiger charge is 2.45. The fourth-order valence-electron chi connectivity index (χ4n) is 5.42. The Morgan fingerprint density at radius 1 is 0.596 bits per heavy atom. The highest BCUT2D eigenvalue weighted by atomic mass is 16.6. The van der Waals surface area contributed by atoms with Crippen molar-refractivity contribution in [2.75, 3.05) is 52.4 Å². The topological polar surface area (TPSA) is 152 Å². The summed E-state index contributed by atoms with van der Waals surface area (Å²) < 4.78 is 22.4. The lowest BCUT2D eigenvalue weighted by Gasteiger charge is -2.46. The van der Waals surface area contributed by atoms with Gasteiger partial charge in [0.2, 0.25) is 0 Å². The van der Waals surface area contributed by atoms with E-state index in [1.165, 1.54) is 0 Å². The smallest absolute Gasteiger partial charge is 0.320 e. The van der Waals surface area contributed by atoms with E-state index in [0.717, 1.165) is 0 Å². The summed E-state index contributed by atoms with van der Waals surface area (Å²) in [6, 6.07) is 0. The van der Waals surface area contributed by atoms with E-state index in [2.05, 4.69) is 0 Å². The van der Waals surface area contributed by atoms with Crippen molar-refractivity contribution in [3.05, 3.63) is 0 Å². The van der Waals surface area contributed by atoms with Gasteiger partial charge in [-0.1, -0.05) is 6.42 Å². The van der Waals surface area contributed by atoms with Crippen molar-refractivity contribution in [3.63, 3.8) is 0 Å². The minimum absolute atomic E-state index is 0.0788. The first-order chi connectivity index (χ1) is 21.2. The van der Waals surface area contributed by atoms with Gasteiger partial charge in [0.1, 0.15) is 22.4 Å². The van der Waals surface area contributed by atoms with E-state index in [-0.39, 0.29) is 51.7 Å². The maximum absolute atomic E-state index is 13.4. The summed E-state index contributed by atoms with van der Waals surface area (Å²) in [5.41, 5.74) is -3.96. The second-order valence-electron chi connectivity index (χ2n) is 16.4. The summed E-state index contributed by atoms with van der Waals surface area (Å²) in [7, 11) is 0. The van der Waals surface area contributed by atoms with Crippen LogP contribution in [0.25, 0.3) is 0 Å². The number of carboxylic acid groups (broad SMARTS) is 1. The maximum Gasteiger partial charge on any atom is 0.320 e. The molecule has 13 heteroatoms. The van der Waals surface area contributed by atoms with E-state index in [1.54, 1.807) is 92.9 Å². The lowest BCUT2D eigenvalue weighted by molar-refractivity contribution is -0.165. The molecule has 1 fully saturated rings.